The van der Waals surface area contributed by atoms with Gasteiger partial charge in [-0.2, -0.15) is 0 Å². The summed E-state index contributed by atoms with van der Waals surface area (Å²) in [7, 11) is 0. The lowest BCUT2D eigenvalue weighted by atomic mass is 9.84. The van der Waals surface area contributed by atoms with Crippen molar-refractivity contribution in [1.82, 2.24) is 24.4 Å². The second kappa shape index (κ2) is 7.56. The average molecular weight is 353 g/mol. The molecule has 2 fully saturated rings. The number of aromatic nitrogens is 4. The molecule has 0 radical (unpaired) electrons. The summed E-state index contributed by atoms with van der Waals surface area (Å²) in [4.78, 5) is 27.2. The maximum atomic E-state index is 12.5. The van der Waals surface area contributed by atoms with Crippen molar-refractivity contribution in [2.24, 2.45) is 5.92 Å². The van der Waals surface area contributed by atoms with Crippen molar-refractivity contribution in [3.8, 4) is 0 Å². The Morgan fingerprint density at radius 1 is 1.12 bits per heavy atom. The van der Waals surface area contributed by atoms with E-state index in [-0.39, 0.29) is 5.91 Å². The van der Waals surface area contributed by atoms with Crippen molar-refractivity contribution in [2.45, 2.75) is 57.9 Å². The van der Waals surface area contributed by atoms with Crippen LogP contribution in [-0.4, -0.2) is 43.4 Å². The number of hydrogen-bond acceptors (Lipinski definition) is 4. The van der Waals surface area contributed by atoms with Crippen LogP contribution in [0, 0.1) is 12.8 Å². The Labute approximate surface area is 154 Å². The van der Waals surface area contributed by atoms with E-state index in [9.17, 15) is 4.79 Å². The van der Waals surface area contributed by atoms with Gasteiger partial charge in [0, 0.05) is 49.8 Å². The van der Waals surface area contributed by atoms with Crippen LogP contribution in [-0.2, 0) is 6.54 Å². The molecule has 1 aliphatic carbocycles. The molecule has 0 unspecified atom stereocenters. The highest BCUT2D eigenvalue weighted by Gasteiger charge is 2.27. The summed E-state index contributed by atoms with van der Waals surface area (Å²) in [5.74, 6) is 2.66. The highest BCUT2D eigenvalue weighted by Crippen LogP contribution is 2.36. The molecule has 1 saturated heterocycles. The van der Waals surface area contributed by atoms with Crippen LogP contribution in [0.1, 0.15) is 66.4 Å². The smallest absolute Gasteiger partial charge is 0.274 e. The minimum absolute atomic E-state index is 0.00859. The number of carbonyl (C=O) groups excluding carboxylic acids is 1. The molecule has 0 atom stereocenters. The van der Waals surface area contributed by atoms with Gasteiger partial charge in [0.25, 0.3) is 5.91 Å². The van der Waals surface area contributed by atoms with Crippen LogP contribution in [0.3, 0.4) is 0 Å². The summed E-state index contributed by atoms with van der Waals surface area (Å²) < 4.78 is 2.43. The lowest BCUT2D eigenvalue weighted by molar-refractivity contribution is 0.0678. The van der Waals surface area contributed by atoms with E-state index in [2.05, 4.69) is 26.4 Å². The second-order valence-corrected chi connectivity index (χ2v) is 7.65. The first-order valence-electron chi connectivity index (χ1n) is 9.79. The molecule has 2 aromatic rings. The molecule has 1 amide bonds. The Morgan fingerprint density at radius 3 is 2.58 bits per heavy atom. The highest BCUT2D eigenvalue weighted by molar-refractivity contribution is 5.91. The largest absolute Gasteiger partial charge is 0.337 e. The van der Waals surface area contributed by atoms with Crippen LogP contribution < -0.4 is 0 Å². The lowest BCUT2D eigenvalue weighted by Crippen LogP contribution is -2.39. The van der Waals surface area contributed by atoms with Crippen molar-refractivity contribution >= 4 is 5.91 Å². The summed E-state index contributed by atoms with van der Waals surface area (Å²) >= 11 is 0. The van der Waals surface area contributed by atoms with E-state index in [0.717, 1.165) is 32.5 Å². The van der Waals surface area contributed by atoms with Gasteiger partial charge < -0.3 is 9.47 Å². The zero-order chi connectivity index (χ0) is 17.9. The third-order valence-corrected chi connectivity index (χ3v) is 6.00. The minimum Gasteiger partial charge on any atom is -0.337 e. The van der Waals surface area contributed by atoms with Gasteiger partial charge in [0.15, 0.2) is 0 Å². The van der Waals surface area contributed by atoms with Crippen molar-refractivity contribution in [3.63, 3.8) is 0 Å². The number of likely N-dealkylation sites (tertiary alicyclic amines) is 1. The first kappa shape index (κ1) is 17.2. The fourth-order valence-corrected chi connectivity index (χ4v) is 4.07. The molecular weight excluding hydrogens is 326 g/mol. The van der Waals surface area contributed by atoms with Crippen molar-refractivity contribution < 1.29 is 4.79 Å². The number of amides is 1. The quantitative estimate of drug-likeness (QED) is 0.828. The standard InChI is InChI=1S/C20H27N5O/c1-15-13-23-19(17-3-2-4-17)25(15)12-7-16-5-10-24(11-6-16)20(26)18-14-21-8-9-22-18/h8-9,13-14,16-17H,2-7,10-12H2,1H3. The maximum Gasteiger partial charge on any atom is 0.274 e. The average Bonchev–Trinajstić information content (AvgIpc) is 2.99. The predicted molar refractivity (Wildman–Crippen MR) is 98.8 cm³/mol. The molecule has 0 N–H and O–H groups in total. The Kier molecular flexibility index (Phi) is 5.00. The molecule has 0 spiro atoms. The first-order chi connectivity index (χ1) is 12.7. The van der Waals surface area contributed by atoms with E-state index in [0.29, 0.717) is 17.5 Å². The number of rotatable bonds is 5. The van der Waals surface area contributed by atoms with Gasteiger partial charge in [-0.1, -0.05) is 6.42 Å². The van der Waals surface area contributed by atoms with Gasteiger partial charge in [-0.05, 0) is 44.9 Å². The summed E-state index contributed by atoms with van der Waals surface area (Å²) in [6, 6.07) is 0. The Hall–Kier alpha value is -2.24. The second-order valence-electron chi connectivity index (χ2n) is 7.65. The SMILES string of the molecule is Cc1cnc(C2CCC2)n1CCC1CCN(C(=O)c2cnccn2)CC1. The topological polar surface area (TPSA) is 63.9 Å². The van der Waals surface area contributed by atoms with Crippen LogP contribution in [0.5, 0.6) is 0 Å². The van der Waals surface area contributed by atoms with Crippen LogP contribution >= 0.6 is 0 Å². The lowest BCUT2D eigenvalue weighted by Gasteiger charge is -2.32. The van der Waals surface area contributed by atoms with E-state index >= 15 is 0 Å². The molecular formula is C20H27N5O. The molecule has 2 aliphatic rings. The van der Waals surface area contributed by atoms with Gasteiger partial charge in [0.2, 0.25) is 0 Å². The van der Waals surface area contributed by atoms with Gasteiger partial charge in [0.1, 0.15) is 11.5 Å². The molecule has 6 heteroatoms. The van der Waals surface area contributed by atoms with E-state index in [4.69, 9.17) is 0 Å². The van der Waals surface area contributed by atoms with Gasteiger partial charge in [0.05, 0.1) is 6.20 Å². The van der Waals surface area contributed by atoms with Crippen LogP contribution in [0.15, 0.2) is 24.8 Å². The van der Waals surface area contributed by atoms with Gasteiger partial charge >= 0.3 is 0 Å². The molecule has 4 rings (SSSR count). The van der Waals surface area contributed by atoms with Crippen LogP contribution in [0.2, 0.25) is 0 Å². The molecule has 138 valence electrons. The number of piperidine rings is 1. The molecule has 6 nitrogen and oxygen atoms in total. The molecule has 3 heterocycles. The Morgan fingerprint density at radius 2 is 1.92 bits per heavy atom. The van der Waals surface area contributed by atoms with E-state index in [1.54, 1.807) is 18.6 Å². The molecule has 1 aliphatic heterocycles. The number of imidazole rings is 1. The van der Waals surface area contributed by atoms with Gasteiger partial charge in [-0.15, -0.1) is 0 Å². The van der Waals surface area contributed by atoms with E-state index in [1.807, 2.05) is 11.1 Å². The molecule has 26 heavy (non-hydrogen) atoms. The Balaban J connectivity index is 1.29. The third-order valence-electron chi connectivity index (χ3n) is 6.00. The molecule has 1 saturated carbocycles. The third kappa shape index (κ3) is 3.50. The number of aryl methyl sites for hydroxylation is 1. The predicted octanol–water partition coefficient (Wildman–Crippen LogP) is 3.19. The number of nitrogens with zero attached hydrogens (tertiary/aromatic N) is 5. The maximum absolute atomic E-state index is 12.5. The number of carbonyl (C=O) groups is 1. The molecule has 2 aromatic heterocycles. The summed E-state index contributed by atoms with van der Waals surface area (Å²) in [6.45, 7) is 4.86. The zero-order valence-corrected chi connectivity index (χ0v) is 15.5. The van der Waals surface area contributed by atoms with E-state index in [1.165, 1.54) is 37.2 Å². The Bertz CT molecular complexity index is 745. The van der Waals surface area contributed by atoms with Crippen LogP contribution in [0.4, 0.5) is 0 Å². The monoisotopic (exact) mass is 353 g/mol. The minimum atomic E-state index is 0.00859. The fraction of sp³-hybridized carbons (Fsp3) is 0.600. The molecule has 0 aromatic carbocycles. The summed E-state index contributed by atoms with van der Waals surface area (Å²) in [5, 5.41) is 0. The summed E-state index contributed by atoms with van der Waals surface area (Å²) in [6.07, 6.45) is 14.0. The first-order valence-corrected chi connectivity index (χ1v) is 9.79. The fourth-order valence-electron chi connectivity index (χ4n) is 4.07. The highest BCUT2D eigenvalue weighted by atomic mass is 16.2. The van der Waals surface area contributed by atoms with E-state index < -0.39 is 0 Å². The van der Waals surface area contributed by atoms with Crippen LogP contribution in [0.25, 0.3) is 0 Å². The normalized spacial score (nSPS) is 18.7. The summed E-state index contributed by atoms with van der Waals surface area (Å²) in [5.41, 5.74) is 1.73. The van der Waals surface area contributed by atoms with Gasteiger partial charge in [-0.3, -0.25) is 9.78 Å². The van der Waals surface area contributed by atoms with Crippen molar-refractivity contribution in [3.05, 3.63) is 42.0 Å². The van der Waals surface area contributed by atoms with Gasteiger partial charge in [-0.25, -0.2) is 9.97 Å². The number of hydrogen-bond donors (Lipinski definition) is 0. The molecule has 0 bridgehead atoms. The zero-order valence-electron chi connectivity index (χ0n) is 15.5. The van der Waals surface area contributed by atoms with Crippen molar-refractivity contribution in [1.29, 1.82) is 0 Å². The van der Waals surface area contributed by atoms with Crippen molar-refractivity contribution in [2.75, 3.05) is 13.1 Å².